The fourth-order valence-corrected chi connectivity index (χ4v) is 3.13. The molecule has 1 saturated heterocycles. The highest BCUT2D eigenvalue weighted by Crippen LogP contribution is 2.24. The summed E-state index contributed by atoms with van der Waals surface area (Å²) in [6, 6.07) is 10.8. The van der Waals surface area contributed by atoms with Crippen molar-refractivity contribution >= 4 is 11.3 Å². The zero-order chi connectivity index (χ0) is 15.8. The highest BCUT2D eigenvalue weighted by molar-refractivity contribution is 5.65. The summed E-state index contributed by atoms with van der Waals surface area (Å²) >= 11 is 0. The molecule has 0 bridgehead atoms. The van der Waals surface area contributed by atoms with Gasteiger partial charge in [-0.2, -0.15) is 0 Å². The number of aryl methyl sites for hydroxylation is 2. The largest absolute Gasteiger partial charge is 0.368 e. The van der Waals surface area contributed by atoms with Gasteiger partial charge in [0.15, 0.2) is 0 Å². The van der Waals surface area contributed by atoms with Crippen molar-refractivity contribution in [1.82, 2.24) is 14.7 Å². The molecule has 2 aromatic heterocycles. The lowest BCUT2D eigenvalue weighted by molar-refractivity contribution is 0.588. The minimum atomic E-state index is 0.997. The zero-order valence-corrected chi connectivity index (χ0v) is 13.7. The Labute approximate surface area is 136 Å². The molecule has 0 radical (unpaired) electrons. The Balaban J connectivity index is 1.71. The predicted octanol–water partition coefficient (Wildman–Crippen LogP) is 3.03. The average molecular weight is 306 g/mol. The van der Waals surface area contributed by atoms with Crippen LogP contribution in [0.5, 0.6) is 0 Å². The van der Waals surface area contributed by atoms with Crippen molar-refractivity contribution in [3.8, 4) is 11.3 Å². The van der Waals surface area contributed by atoms with E-state index in [2.05, 4.69) is 71.2 Å². The number of rotatable bonds is 2. The molecule has 4 heteroatoms. The number of hydrogen-bond acceptors (Lipinski definition) is 3. The van der Waals surface area contributed by atoms with Gasteiger partial charge in [-0.3, -0.25) is 0 Å². The van der Waals surface area contributed by atoms with E-state index in [9.17, 15) is 0 Å². The molecule has 0 spiro atoms. The number of piperazine rings is 1. The number of nitrogens with zero attached hydrogens (tertiary/aromatic N) is 3. The van der Waals surface area contributed by atoms with E-state index in [4.69, 9.17) is 4.98 Å². The third kappa shape index (κ3) is 2.70. The Morgan fingerprint density at radius 2 is 1.78 bits per heavy atom. The van der Waals surface area contributed by atoms with Crippen molar-refractivity contribution in [2.24, 2.45) is 0 Å². The number of fused-ring (bicyclic) bond motifs is 1. The smallest absolute Gasteiger partial charge is 0.137 e. The minimum absolute atomic E-state index is 0.997. The van der Waals surface area contributed by atoms with Crippen molar-refractivity contribution in [3.63, 3.8) is 0 Å². The summed E-state index contributed by atoms with van der Waals surface area (Å²) < 4.78 is 2.14. The molecule has 118 valence electrons. The number of aromatic nitrogens is 2. The van der Waals surface area contributed by atoms with E-state index in [0.717, 1.165) is 37.5 Å². The first-order chi connectivity index (χ1) is 11.2. The van der Waals surface area contributed by atoms with Gasteiger partial charge in [-0.05, 0) is 43.2 Å². The summed E-state index contributed by atoms with van der Waals surface area (Å²) in [7, 11) is 0. The molecule has 0 atom stereocenters. The maximum atomic E-state index is 4.77. The molecule has 3 aromatic rings. The first-order valence-corrected chi connectivity index (χ1v) is 8.23. The van der Waals surface area contributed by atoms with Gasteiger partial charge in [-0.25, -0.2) is 4.98 Å². The number of anilines is 1. The van der Waals surface area contributed by atoms with Crippen molar-refractivity contribution in [3.05, 3.63) is 53.9 Å². The Kier molecular flexibility index (Phi) is 3.54. The number of benzene rings is 1. The maximum Gasteiger partial charge on any atom is 0.137 e. The van der Waals surface area contributed by atoms with Crippen LogP contribution in [0, 0.1) is 13.8 Å². The molecule has 1 N–H and O–H groups in total. The molecule has 3 heterocycles. The highest BCUT2D eigenvalue weighted by Gasteiger charge is 2.12. The van der Waals surface area contributed by atoms with Gasteiger partial charge in [0.2, 0.25) is 0 Å². The molecule has 23 heavy (non-hydrogen) atoms. The summed E-state index contributed by atoms with van der Waals surface area (Å²) in [6.45, 7) is 8.51. The molecule has 0 saturated carbocycles. The molecule has 1 aromatic carbocycles. The van der Waals surface area contributed by atoms with Gasteiger partial charge in [-0.15, -0.1) is 0 Å². The minimum Gasteiger partial charge on any atom is -0.368 e. The predicted molar refractivity (Wildman–Crippen MR) is 95.2 cm³/mol. The van der Waals surface area contributed by atoms with Gasteiger partial charge in [0.25, 0.3) is 0 Å². The number of imidazole rings is 1. The van der Waals surface area contributed by atoms with Crippen molar-refractivity contribution < 1.29 is 0 Å². The van der Waals surface area contributed by atoms with Crippen LogP contribution in [-0.4, -0.2) is 35.6 Å². The molecule has 1 aliphatic rings. The Morgan fingerprint density at radius 1 is 0.957 bits per heavy atom. The second-order valence-electron chi connectivity index (χ2n) is 6.31. The van der Waals surface area contributed by atoms with Crippen LogP contribution in [0.15, 0.2) is 42.7 Å². The molecule has 0 unspecified atom stereocenters. The van der Waals surface area contributed by atoms with Crippen molar-refractivity contribution in [1.29, 1.82) is 0 Å². The maximum absolute atomic E-state index is 4.77. The fourth-order valence-electron chi connectivity index (χ4n) is 3.13. The fraction of sp³-hybridized carbons (Fsp3) is 0.316. The van der Waals surface area contributed by atoms with Crippen LogP contribution in [0.3, 0.4) is 0 Å². The first kappa shape index (κ1) is 14.3. The Bertz CT molecular complexity index is 844. The lowest BCUT2D eigenvalue weighted by atomic mass is 10.1. The van der Waals surface area contributed by atoms with Crippen LogP contribution in [0.25, 0.3) is 16.9 Å². The van der Waals surface area contributed by atoms with E-state index in [-0.39, 0.29) is 0 Å². The van der Waals surface area contributed by atoms with E-state index in [1.54, 1.807) is 0 Å². The normalized spacial score (nSPS) is 15.3. The van der Waals surface area contributed by atoms with Gasteiger partial charge >= 0.3 is 0 Å². The van der Waals surface area contributed by atoms with Crippen LogP contribution in [0.1, 0.15) is 11.1 Å². The second kappa shape index (κ2) is 5.70. The Morgan fingerprint density at radius 3 is 2.57 bits per heavy atom. The lowest BCUT2D eigenvalue weighted by Crippen LogP contribution is -2.43. The third-order valence-electron chi connectivity index (χ3n) is 4.72. The second-order valence-corrected chi connectivity index (χ2v) is 6.31. The van der Waals surface area contributed by atoms with Gasteiger partial charge < -0.3 is 14.6 Å². The third-order valence-corrected chi connectivity index (χ3v) is 4.72. The van der Waals surface area contributed by atoms with Gasteiger partial charge in [0, 0.05) is 44.1 Å². The molecular weight excluding hydrogens is 284 g/mol. The SMILES string of the molecule is Cc1ccc(-c2cn3cc(N4CCNCC4)ccc3n2)cc1C. The standard InChI is InChI=1S/C19H22N4/c1-14-3-4-16(11-15(14)2)18-13-23-12-17(5-6-19(23)21-18)22-9-7-20-8-10-22/h3-6,11-13,20H,7-10H2,1-2H3. The molecule has 4 rings (SSSR count). The topological polar surface area (TPSA) is 32.6 Å². The number of nitrogens with one attached hydrogen (secondary N) is 1. The summed E-state index contributed by atoms with van der Waals surface area (Å²) in [5.74, 6) is 0. The van der Waals surface area contributed by atoms with Crippen molar-refractivity contribution in [2.75, 3.05) is 31.1 Å². The summed E-state index contributed by atoms with van der Waals surface area (Å²) in [5, 5.41) is 3.40. The molecular formula is C19H22N4. The molecule has 0 amide bonds. The van der Waals surface area contributed by atoms with E-state index in [1.807, 2.05) is 0 Å². The molecule has 1 fully saturated rings. The number of hydrogen-bond donors (Lipinski definition) is 1. The van der Waals surface area contributed by atoms with Crippen LogP contribution >= 0.6 is 0 Å². The quantitative estimate of drug-likeness (QED) is 0.790. The van der Waals surface area contributed by atoms with Gasteiger partial charge in [0.05, 0.1) is 11.4 Å². The van der Waals surface area contributed by atoms with Crippen LogP contribution in [0.4, 0.5) is 5.69 Å². The summed E-state index contributed by atoms with van der Waals surface area (Å²) in [5.41, 5.74) is 7.10. The van der Waals surface area contributed by atoms with Crippen LogP contribution in [0.2, 0.25) is 0 Å². The van der Waals surface area contributed by atoms with Crippen molar-refractivity contribution in [2.45, 2.75) is 13.8 Å². The Hall–Kier alpha value is -2.33. The van der Waals surface area contributed by atoms with E-state index in [0.29, 0.717) is 0 Å². The molecule has 4 nitrogen and oxygen atoms in total. The monoisotopic (exact) mass is 306 g/mol. The first-order valence-electron chi connectivity index (χ1n) is 8.23. The highest BCUT2D eigenvalue weighted by atomic mass is 15.2. The van der Waals surface area contributed by atoms with Gasteiger partial charge in [-0.1, -0.05) is 12.1 Å². The molecule has 0 aliphatic carbocycles. The molecule has 1 aliphatic heterocycles. The zero-order valence-electron chi connectivity index (χ0n) is 13.7. The lowest BCUT2D eigenvalue weighted by Gasteiger charge is -2.29. The van der Waals surface area contributed by atoms with E-state index in [1.165, 1.54) is 22.4 Å². The van der Waals surface area contributed by atoms with E-state index < -0.39 is 0 Å². The summed E-state index contributed by atoms with van der Waals surface area (Å²) in [6.07, 6.45) is 4.32. The number of pyridine rings is 1. The average Bonchev–Trinajstić information content (AvgIpc) is 3.01. The van der Waals surface area contributed by atoms with Crippen LogP contribution < -0.4 is 10.2 Å². The van der Waals surface area contributed by atoms with Gasteiger partial charge in [0.1, 0.15) is 5.65 Å². The van der Waals surface area contributed by atoms with Crippen LogP contribution in [-0.2, 0) is 0 Å². The summed E-state index contributed by atoms with van der Waals surface area (Å²) in [4.78, 5) is 7.19. The van der Waals surface area contributed by atoms with E-state index >= 15 is 0 Å².